The van der Waals surface area contributed by atoms with Crippen molar-refractivity contribution in [3.05, 3.63) is 35.4 Å². The van der Waals surface area contributed by atoms with Crippen molar-refractivity contribution in [2.75, 3.05) is 14.2 Å². The number of carbonyl (C=O) groups excluding carboxylic acids is 2. The molecule has 0 bridgehead atoms. The average molecular weight is 453 g/mol. The van der Waals surface area contributed by atoms with Crippen molar-refractivity contribution >= 4 is 46.4 Å². The number of ether oxygens (including phenoxy) is 2. The monoisotopic (exact) mass is 452 g/mol. The number of hydrogen-bond acceptors (Lipinski definition) is 6. The molecule has 0 aliphatic heterocycles. The minimum absolute atomic E-state index is 0.385. The number of hydrogen-bond donors (Lipinski definition) is 2. The molecular weight excluding hydrogens is 420 g/mol. The lowest BCUT2D eigenvalue weighted by Gasteiger charge is -2.30. The van der Waals surface area contributed by atoms with Crippen molar-refractivity contribution in [1.82, 2.24) is 10.6 Å². The van der Waals surface area contributed by atoms with Crippen LogP contribution in [-0.4, -0.2) is 48.2 Å². The van der Waals surface area contributed by atoms with Gasteiger partial charge in [0.2, 0.25) is 0 Å². The fourth-order valence-corrected chi connectivity index (χ4v) is 3.21. The lowest BCUT2D eigenvalue weighted by Crippen LogP contribution is -2.49. The maximum absolute atomic E-state index is 12.2. The minimum Gasteiger partial charge on any atom is -0.467 e. The van der Waals surface area contributed by atoms with Gasteiger partial charge in [-0.05, 0) is 16.9 Å². The zero-order valence-electron chi connectivity index (χ0n) is 18.9. The Morgan fingerprint density at radius 3 is 1.40 bits per heavy atom. The van der Waals surface area contributed by atoms with Gasteiger partial charge in [-0.2, -0.15) is 0 Å². The smallest absolute Gasteiger partial charge is 0.328 e. The Hall–Kier alpha value is -2.06. The molecule has 0 unspecified atom stereocenters. The van der Waals surface area contributed by atoms with E-state index in [1.165, 1.54) is 14.2 Å². The van der Waals surface area contributed by atoms with E-state index in [-0.39, 0.29) is 11.9 Å². The molecule has 166 valence electrons. The Morgan fingerprint density at radius 1 is 0.800 bits per heavy atom. The van der Waals surface area contributed by atoms with Crippen molar-refractivity contribution in [3.63, 3.8) is 0 Å². The van der Waals surface area contributed by atoms with E-state index in [1.54, 1.807) is 0 Å². The molecule has 1 aromatic carbocycles. The van der Waals surface area contributed by atoms with E-state index < -0.39 is 22.9 Å². The third-order valence-corrected chi connectivity index (χ3v) is 5.25. The van der Waals surface area contributed by atoms with Crippen LogP contribution in [0.5, 0.6) is 0 Å². The van der Waals surface area contributed by atoms with Crippen LogP contribution in [-0.2, 0) is 19.1 Å². The largest absolute Gasteiger partial charge is 0.467 e. The summed E-state index contributed by atoms with van der Waals surface area (Å²) in [4.78, 5) is 25.2. The van der Waals surface area contributed by atoms with Gasteiger partial charge in [0.05, 0.1) is 14.2 Å². The summed E-state index contributed by atoms with van der Waals surface area (Å²) in [5.74, 6) is -0.770. The number of esters is 2. The van der Waals surface area contributed by atoms with Gasteiger partial charge in [0.1, 0.15) is 22.1 Å². The van der Waals surface area contributed by atoms with Crippen LogP contribution in [0.4, 0.5) is 0 Å². The van der Waals surface area contributed by atoms with Crippen LogP contribution in [0.2, 0.25) is 0 Å². The molecule has 1 rings (SSSR count). The summed E-state index contributed by atoms with van der Waals surface area (Å²) in [7, 11) is 2.70. The topological polar surface area (TPSA) is 76.7 Å². The number of rotatable bonds is 6. The Bertz CT molecular complexity index is 747. The van der Waals surface area contributed by atoms with Crippen LogP contribution in [0, 0.1) is 10.8 Å². The molecule has 0 spiro atoms. The lowest BCUT2D eigenvalue weighted by atomic mass is 9.86. The number of nitrogens with one attached hydrogen (secondary N) is 2. The summed E-state index contributed by atoms with van der Waals surface area (Å²) in [6, 6.07) is 6.10. The van der Waals surface area contributed by atoms with Gasteiger partial charge in [-0.15, -0.1) is 0 Å². The van der Waals surface area contributed by atoms with Crippen LogP contribution >= 0.6 is 24.4 Å². The second-order valence-corrected chi connectivity index (χ2v) is 9.99. The first-order chi connectivity index (χ1) is 13.7. The van der Waals surface area contributed by atoms with E-state index in [4.69, 9.17) is 33.9 Å². The molecule has 0 saturated carbocycles. The van der Waals surface area contributed by atoms with Crippen LogP contribution < -0.4 is 10.6 Å². The average Bonchev–Trinajstić information content (AvgIpc) is 2.66. The quantitative estimate of drug-likeness (QED) is 0.502. The molecule has 1 aromatic rings. The van der Waals surface area contributed by atoms with Gasteiger partial charge in [0, 0.05) is 11.1 Å². The maximum Gasteiger partial charge on any atom is 0.328 e. The zero-order chi connectivity index (χ0) is 23.3. The zero-order valence-corrected chi connectivity index (χ0v) is 20.5. The predicted molar refractivity (Wildman–Crippen MR) is 127 cm³/mol. The van der Waals surface area contributed by atoms with Gasteiger partial charge in [0.15, 0.2) is 0 Å². The lowest BCUT2D eigenvalue weighted by molar-refractivity contribution is -0.146. The highest BCUT2D eigenvalue weighted by Gasteiger charge is 2.34. The van der Waals surface area contributed by atoms with Crippen molar-refractivity contribution in [2.45, 2.75) is 53.6 Å². The minimum atomic E-state index is -0.603. The predicted octanol–water partition coefficient (Wildman–Crippen LogP) is 3.39. The highest BCUT2D eigenvalue weighted by Crippen LogP contribution is 2.22. The van der Waals surface area contributed by atoms with Crippen LogP contribution in [0.3, 0.4) is 0 Å². The Morgan fingerprint density at radius 2 is 1.13 bits per heavy atom. The first kappa shape index (κ1) is 26.0. The molecule has 0 amide bonds. The van der Waals surface area contributed by atoms with Crippen molar-refractivity contribution in [1.29, 1.82) is 0 Å². The Balaban J connectivity index is 3.09. The third-order valence-electron chi connectivity index (χ3n) is 4.54. The summed E-state index contributed by atoms with van der Waals surface area (Å²) in [5.41, 5.74) is 0.614. The molecule has 0 saturated heterocycles. The molecule has 0 fully saturated rings. The molecule has 0 aromatic heterocycles. The van der Waals surface area contributed by atoms with Crippen molar-refractivity contribution in [3.8, 4) is 0 Å². The second-order valence-electron chi connectivity index (χ2n) is 9.17. The highest BCUT2D eigenvalue weighted by atomic mass is 32.1. The molecule has 2 atom stereocenters. The van der Waals surface area contributed by atoms with Gasteiger partial charge in [0.25, 0.3) is 0 Å². The van der Waals surface area contributed by atoms with Gasteiger partial charge >= 0.3 is 11.9 Å². The summed E-state index contributed by atoms with van der Waals surface area (Å²) in [6.07, 6.45) is 0. The summed E-state index contributed by atoms with van der Waals surface area (Å²) in [5, 5.41) is 6.20. The van der Waals surface area contributed by atoms with Crippen LogP contribution in [0.15, 0.2) is 24.3 Å². The SMILES string of the molecule is COC(=O)[C@@H](NC(=S)c1cccc(C(=S)N[C@H](C(=O)OC)C(C)(C)C)c1)C(C)(C)C. The highest BCUT2D eigenvalue weighted by molar-refractivity contribution is 7.81. The van der Waals surface area contributed by atoms with Crippen LogP contribution in [0.1, 0.15) is 52.7 Å². The molecule has 0 aliphatic carbocycles. The maximum atomic E-state index is 12.2. The summed E-state index contributed by atoms with van der Waals surface area (Å²) >= 11 is 11.1. The molecule has 6 nitrogen and oxygen atoms in total. The molecule has 30 heavy (non-hydrogen) atoms. The van der Waals surface area contributed by atoms with Crippen LogP contribution in [0.25, 0.3) is 0 Å². The third kappa shape index (κ3) is 7.02. The molecule has 0 radical (unpaired) electrons. The van der Waals surface area contributed by atoms with E-state index in [2.05, 4.69) is 10.6 Å². The number of benzene rings is 1. The Labute approximate surface area is 190 Å². The Kier molecular flexibility index (Phi) is 8.92. The van der Waals surface area contributed by atoms with E-state index >= 15 is 0 Å². The van der Waals surface area contributed by atoms with Crippen molar-refractivity contribution < 1.29 is 19.1 Å². The van der Waals surface area contributed by atoms with E-state index in [9.17, 15) is 9.59 Å². The van der Waals surface area contributed by atoms with E-state index in [1.807, 2.05) is 65.8 Å². The van der Waals surface area contributed by atoms with E-state index in [0.717, 1.165) is 0 Å². The summed E-state index contributed by atoms with van der Waals surface area (Å²) < 4.78 is 9.82. The first-order valence-corrected chi connectivity index (χ1v) is 10.4. The normalized spacial score (nSPS) is 13.6. The van der Waals surface area contributed by atoms with Gasteiger partial charge in [-0.25, -0.2) is 9.59 Å². The second kappa shape index (κ2) is 10.3. The van der Waals surface area contributed by atoms with Gasteiger partial charge in [-0.1, -0.05) is 84.2 Å². The number of methoxy groups -OCH3 is 2. The van der Waals surface area contributed by atoms with Crippen molar-refractivity contribution in [2.24, 2.45) is 10.8 Å². The number of thiocarbonyl (C=S) groups is 2. The molecular formula is C22H32N2O4S2. The first-order valence-electron chi connectivity index (χ1n) is 9.59. The molecule has 0 heterocycles. The summed E-state index contributed by atoms with van der Waals surface area (Å²) in [6.45, 7) is 11.6. The molecule has 0 aliphatic rings. The van der Waals surface area contributed by atoms with Gasteiger partial charge in [-0.3, -0.25) is 0 Å². The molecule has 2 N–H and O–H groups in total. The number of carbonyl (C=O) groups is 2. The fraction of sp³-hybridized carbons (Fsp3) is 0.545. The van der Waals surface area contributed by atoms with E-state index in [0.29, 0.717) is 21.1 Å². The van der Waals surface area contributed by atoms with Gasteiger partial charge < -0.3 is 20.1 Å². The standard InChI is InChI=1S/C22H32N2O4S2/c1-21(2,3)15(19(25)27-7)23-17(29)13-10-9-11-14(12-13)18(30)24-16(20(26)28-8)22(4,5)6/h9-12,15-16H,1-8H3,(H,23,29)(H,24,30)/t15-,16-/m1/s1. The fourth-order valence-electron chi connectivity index (χ4n) is 2.72. The molecule has 8 heteroatoms.